The summed E-state index contributed by atoms with van der Waals surface area (Å²) in [5.41, 5.74) is 0. The van der Waals surface area contributed by atoms with E-state index in [4.69, 9.17) is 8.94 Å². The van der Waals surface area contributed by atoms with Gasteiger partial charge in [0.05, 0.1) is 6.20 Å². The van der Waals surface area contributed by atoms with E-state index in [1.807, 2.05) is 13.8 Å². The molecule has 1 unspecified atom stereocenters. The molecule has 9 nitrogen and oxygen atoms in total. The van der Waals surface area contributed by atoms with Crippen LogP contribution in [0.3, 0.4) is 0 Å². The van der Waals surface area contributed by atoms with Gasteiger partial charge in [-0.3, -0.25) is 9.59 Å². The standard InChI is InChI=1S/C18H25N5O4/c1-12(2)17-20-16(21-27-17)6-8-23(13(3)24)14-5-4-7-22(10-14)18(25)15-9-19-11-26-15/h9,11-12,14H,4-8,10H2,1-3H3. The van der Waals surface area contributed by atoms with E-state index in [1.54, 1.807) is 16.7 Å². The minimum atomic E-state index is -0.194. The van der Waals surface area contributed by atoms with Gasteiger partial charge in [-0.1, -0.05) is 19.0 Å². The first-order valence-electron chi connectivity index (χ1n) is 9.23. The lowest BCUT2D eigenvalue weighted by Crippen LogP contribution is -2.51. The summed E-state index contributed by atoms with van der Waals surface area (Å²) in [5, 5.41) is 3.98. The Labute approximate surface area is 157 Å². The molecule has 2 amide bonds. The van der Waals surface area contributed by atoms with Crippen molar-refractivity contribution in [2.45, 2.75) is 52.0 Å². The molecule has 3 rings (SSSR count). The number of carbonyl (C=O) groups is 2. The predicted molar refractivity (Wildman–Crippen MR) is 94.9 cm³/mol. The number of hydrogen-bond acceptors (Lipinski definition) is 7. The molecule has 2 aromatic heterocycles. The van der Waals surface area contributed by atoms with E-state index in [-0.39, 0.29) is 29.5 Å². The molecule has 3 heterocycles. The van der Waals surface area contributed by atoms with Gasteiger partial charge >= 0.3 is 0 Å². The zero-order valence-corrected chi connectivity index (χ0v) is 15.9. The quantitative estimate of drug-likeness (QED) is 0.759. The van der Waals surface area contributed by atoms with Gasteiger partial charge in [0.15, 0.2) is 12.2 Å². The molecule has 146 valence electrons. The highest BCUT2D eigenvalue weighted by atomic mass is 16.5. The van der Waals surface area contributed by atoms with Crippen molar-refractivity contribution in [2.75, 3.05) is 19.6 Å². The summed E-state index contributed by atoms with van der Waals surface area (Å²) in [6.07, 6.45) is 4.85. The van der Waals surface area contributed by atoms with E-state index in [9.17, 15) is 9.59 Å². The summed E-state index contributed by atoms with van der Waals surface area (Å²) in [5.74, 6) is 1.36. The van der Waals surface area contributed by atoms with Gasteiger partial charge < -0.3 is 18.7 Å². The van der Waals surface area contributed by atoms with Gasteiger partial charge in [-0.15, -0.1) is 0 Å². The molecule has 2 aromatic rings. The van der Waals surface area contributed by atoms with Crippen molar-refractivity contribution in [3.05, 3.63) is 30.1 Å². The third-order valence-electron chi connectivity index (χ3n) is 4.73. The minimum Gasteiger partial charge on any atom is -0.438 e. The summed E-state index contributed by atoms with van der Waals surface area (Å²) < 4.78 is 10.3. The fourth-order valence-corrected chi connectivity index (χ4v) is 3.29. The van der Waals surface area contributed by atoms with Crippen molar-refractivity contribution in [3.63, 3.8) is 0 Å². The van der Waals surface area contributed by atoms with Crippen LogP contribution in [-0.2, 0) is 11.2 Å². The maximum Gasteiger partial charge on any atom is 0.291 e. The molecule has 0 N–H and O–H groups in total. The molecule has 0 spiro atoms. The van der Waals surface area contributed by atoms with Crippen molar-refractivity contribution in [2.24, 2.45) is 0 Å². The lowest BCUT2D eigenvalue weighted by atomic mass is 10.0. The fourth-order valence-electron chi connectivity index (χ4n) is 3.29. The number of hydrogen-bond donors (Lipinski definition) is 0. The fraction of sp³-hybridized carbons (Fsp3) is 0.611. The maximum absolute atomic E-state index is 12.5. The zero-order chi connectivity index (χ0) is 19.4. The molecule has 9 heteroatoms. The summed E-state index contributed by atoms with van der Waals surface area (Å²) in [4.78, 5) is 36.4. The molecule has 1 aliphatic rings. The number of oxazole rings is 1. The lowest BCUT2D eigenvalue weighted by molar-refractivity contribution is -0.132. The van der Waals surface area contributed by atoms with Crippen molar-refractivity contribution in [1.82, 2.24) is 24.9 Å². The third-order valence-corrected chi connectivity index (χ3v) is 4.73. The number of rotatable bonds is 6. The largest absolute Gasteiger partial charge is 0.438 e. The van der Waals surface area contributed by atoms with Crippen LogP contribution in [-0.4, -0.2) is 62.4 Å². The maximum atomic E-state index is 12.5. The average Bonchev–Trinajstić information content (AvgIpc) is 3.33. The number of amides is 2. The molecular formula is C18H25N5O4. The molecule has 0 aliphatic carbocycles. The van der Waals surface area contributed by atoms with Gasteiger partial charge in [-0.25, -0.2) is 4.98 Å². The monoisotopic (exact) mass is 375 g/mol. The van der Waals surface area contributed by atoms with E-state index in [0.717, 1.165) is 12.8 Å². The molecule has 1 fully saturated rings. The van der Waals surface area contributed by atoms with E-state index in [0.29, 0.717) is 37.8 Å². The Kier molecular flexibility index (Phi) is 5.88. The second-order valence-corrected chi connectivity index (χ2v) is 7.08. The number of nitrogens with zero attached hydrogens (tertiary/aromatic N) is 5. The summed E-state index contributed by atoms with van der Waals surface area (Å²) in [6.45, 7) is 7.13. The molecule has 27 heavy (non-hydrogen) atoms. The van der Waals surface area contributed by atoms with Crippen LogP contribution in [0, 0.1) is 0 Å². The van der Waals surface area contributed by atoms with Crippen LogP contribution in [0.5, 0.6) is 0 Å². The van der Waals surface area contributed by atoms with Gasteiger partial charge in [0.2, 0.25) is 17.6 Å². The van der Waals surface area contributed by atoms with Gasteiger partial charge in [0.1, 0.15) is 0 Å². The first-order chi connectivity index (χ1) is 13.0. The van der Waals surface area contributed by atoms with Crippen molar-refractivity contribution in [1.29, 1.82) is 0 Å². The topological polar surface area (TPSA) is 106 Å². The van der Waals surface area contributed by atoms with E-state index in [1.165, 1.54) is 12.6 Å². The second-order valence-electron chi connectivity index (χ2n) is 7.08. The Morgan fingerprint density at radius 3 is 2.85 bits per heavy atom. The van der Waals surface area contributed by atoms with Gasteiger partial charge in [0, 0.05) is 44.9 Å². The van der Waals surface area contributed by atoms with Gasteiger partial charge in [0.25, 0.3) is 5.91 Å². The van der Waals surface area contributed by atoms with Crippen LogP contribution < -0.4 is 0 Å². The number of piperidine rings is 1. The Bertz CT molecular complexity index is 771. The van der Waals surface area contributed by atoms with E-state index in [2.05, 4.69) is 15.1 Å². The minimum absolute atomic E-state index is 0.0263. The van der Waals surface area contributed by atoms with Crippen LogP contribution in [0.15, 0.2) is 21.5 Å². The van der Waals surface area contributed by atoms with Crippen LogP contribution >= 0.6 is 0 Å². The first-order valence-corrected chi connectivity index (χ1v) is 9.23. The summed E-state index contributed by atoms with van der Waals surface area (Å²) in [6, 6.07) is -0.0420. The van der Waals surface area contributed by atoms with Crippen molar-refractivity contribution < 1.29 is 18.5 Å². The summed E-state index contributed by atoms with van der Waals surface area (Å²) in [7, 11) is 0. The number of aromatic nitrogens is 3. The highest BCUT2D eigenvalue weighted by Gasteiger charge is 2.30. The number of likely N-dealkylation sites (tertiary alicyclic amines) is 1. The molecule has 0 saturated carbocycles. The molecule has 1 atom stereocenters. The lowest BCUT2D eigenvalue weighted by Gasteiger charge is -2.38. The smallest absolute Gasteiger partial charge is 0.291 e. The van der Waals surface area contributed by atoms with E-state index < -0.39 is 0 Å². The molecular weight excluding hydrogens is 350 g/mol. The predicted octanol–water partition coefficient (Wildman–Crippen LogP) is 1.88. The number of carbonyl (C=O) groups excluding carboxylic acids is 2. The summed E-state index contributed by atoms with van der Waals surface area (Å²) >= 11 is 0. The van der Waals surface area contributed by atoms with Crippen molar-refractivity contribution >= 4 is 11.8 Å². The Balaban J connectivity index is 1.63. The zero-order valence-electron chi connectivity index (χ0n) is 15.9. The first kappa shape index (κ1) is 19.1. The highest BCUT2D eigenvalue weighted by Crippen LogP contribution is 2.19. The van der Waals surface area contributed by atoms with E-state index >= 15 is 0 Å². The van der Waals surface area contributed by atoms with Crippen LogP contribution in [0.1, 0.15) is 61.8 Å². The molecule has 1 saturated heterocycles. The Hall–Kier alpha value is -2.71. The second kappa shape index (κ2) is 8.32. The normalized spacial score (nSPS) is 17.3. The molecule has 0 radical (unpaired) electrons. The van der Waals surface area contributed by atoms with Gasteiger partial charge in [-0.05, 0) is 12.8 Å². The Morgan fingerprint density at radius 2 is 2.22 bits per heavy atom. The van der Waals surface area contributed by atoms with Crippen LogP contribution in [0.25, 0.3) is 0 Å². The van der Waals surface area contributed by atoms with Gasteiger partial charge in [-0.2, -0.15) is 4.98 Å². The molecule has 1 aliphatic heterocycles. The Morgan fingerprint density at radius 1 is 1.41 bits per heavy atom. The molecule has 0 aromatic carbocycles. The SMILES string of the molecule is CC(=O)N(CCc1noc(C(C)C)n1)C1CCCN(C(=O)c2cnco2)C1. The van der Waals surface area contributed by atoms with Crippen molar-refractivity contribution in [3.8, 4) is 0 Å². The highest BCUT2D eigenvalue weighted by molar-refractivity contribution is 5.91. The molecule has 0 bridgehead atoms. The van der Waals surface area contributed by atoms with Crippen LogP contribution in [0.2, 0.25) is 0 Å². The third kappa shape index (κ3) is 4.53. The van der Waals surface area contributed by atoms with Crippen LogP contribution in [0.4, 0.5) is 0 Å². The average molecular weight is 375 g/mol.